The van der Waals surface area contributed by atoms with Gasteiger partial charge in [-0.25, -0.2) is 0 Å². The van der Waals surface area contributed by atoms with Crippen molar-refractivity contribution in [3.8, 4) is 11.5 Å². The Morgan fingerprint density at radius 1 is 0.906 bits per heavy atom. The molecule has 1 N–H and O–H groups in total. The maximum absolute atomic E-state index is 13.2. The maximum Gasteiger partial charge on any atom is 0.278 e. The van der Waals surface area contributed by atoms with Gasteiger partial charge in [-0.1, -0.05) is 39.0 Å². The molecule has 0 fully saturated rings. The van der Waals surface area contributed by atoms with Gasteiger partial charge in [0.25, 0.3) is 11.8 Å². The van der Waals surface area contributed by atoms with Gasteiger partial charge in [-0.2, -0.15) is 0 Å². The molecule has 1 aliphatic rings. The largest absolute Gasteiger partial charge is 0.494 e. The summed E-state index contributed by atoms with van der Waals surface area (Å²) >= 11 is 0. The minimum atomic E-state index is -0.333. The van der Waals surface area contributed by atoms with Crippen LogP contribution in [-0.4, -0.2) is 36.0 Å². The molecule has 0 radical (unpaired) electrons. The van der Waals surface area contributed by atoms with Crippen LogP contribution < -0.4 is 14.8 Å². The molecule has 0 atom stereocenters. The zero-order chi connectivity index (χ0) is 23.3. The molecule has 0 aromatic heterocycles. The molecule has 0 bridgehead atoms. The Morgan fingerprint density at radius 2 is 1.62 bits per heavy atom. The van der Waals surface area contributed by atoms with Crippen molar-refractivity contribution in [2.24, 2.45) is 5.92 Å². The minimum Gasteiger partial charge on any atom is -0.494 e. The van der Waals surface area contributed by atoms with Crippen molar-refractivity contribution in [1.29, 1.82) is 0 Å². The molecule has 2 aromatic carbocycles. The van der Waals surface area contributed by atoms with E-state index in [-0.39, 0.29) is 23.6 Å². The van der Waals surface area contributed by atoms with Crippen LogP contribution in [0.2, 0.25) is 0 Å². The zero-order valence-electron chi connectivity index (χ0n) is 19.5. The SMILES string of the molecule is CCCOc1cccc(NC2=C(c3ccc(OCC(C)C)cc3)C(=O)N(C(C)C)C2=O)c1. The fraction of sp³-hybridized carbons (Fsp3) is 0.385. The molecule has 0 saturated heterocycles. The molecule has 6 heteroatoms. The molecule has 170 valence electrons. The second-order valence-electron chi connectivity index (χ2n) is 8.55. The first-order valence-corrected chi connectivity index (χ1v) is 11.2. The van der Waals surface area contributed by atoms with E-state index in [0.717, 1.165) is 12.2 Å². The number of carbonyl (C=O) groups is 2. The van der Waals surface area contributed by atoms with Crippen LogP contribution in [0.5, 0.6) is 11.5 Å². The summed E-state index contributed by atoms with van der Waals surface area (Å²) in [5.41, 5.74) is 1.99. The van der Waals surface area contributed by atoms with Crippen molar-refractivity contribution < 1.29 is 19.1 Å². The summed E-state index contributed by atoms with van der Waals surface area (Å²) < 4.78 is 11.5. The molecule has 3 rings (SSSR count). The topological polar surface area (TPSA) is 67.9 Å². The molecule has 0 saturated carbocycles. The Labute approximate surface area is 190 Å². The molecule has 2 amide bonds. The number of imide groups is 1. The third-order valence-corrected chi connectivity index (χ3v) is 4.93. The van der Waals surface area contributed by atoms with Crippen molar-refractivity contribution in [2.45, 2.75) is 47.1 Å². The van der Waals surface area contributed by atoms with Crippen molar-refractivity contribution in [1.82, 2.24) is 4.90 Å². The highest BCUT2D eigenvalue weighted by molar-refractivity contribution is 6.36. The number of benzene rings is 2. The number of hydrogen-bond donors (Lipinski definition) is 1. The Hall–Kier alpha value is -3.28. The van der Waals surface area contributed by atoms with Crippen LogP contribution in [-0.2, 0) is 9.59 Å². The van der Waals surface area contributed by atoms with Gasteiger partial charge in [0.1, 0.15) is 17.2 Å². The Balaban J connectivity index is 1.95. The number of anilines is 1. The summed E-state index contributed by atoms with van der Waals surface area (Å²) in [4.78, 5) is 27.7. The van der Waals surface area contributed by atoms with Crippen LogP contribution in [0.3, 0.4) is 0 Å². The van der Waals surface area contributed by atoms with E-state index in [1.165, 1.54) is 4.90 Å². The molecule has 2 aromatic rings. The molecule has 0 spiro atoms. The molecular formula is C26H32N2O4. The van der Waals surface area contributed by atoms with Gasteiger partial charge in [0, 0.05) is 17.8 Å². The van der Waals surface area contributed by atoms with Crippen LogP contribution in [0.4, 0.5) is 5.69 Å². The maximum atomic E-state index is 13.2. The molecule has 1 heterocycles. The summed E-state index contributed by atoms with van der Waals surface area (Å²) in [7, 11) is 0. The lowest BCUT2D eigenvalue weighted by molar-refractivity contribution is -0.138. The summed E-state index contributed by atoms with van der Waals surface area (Å²) in [6.07, 6.45) is 0.903. The number of nitrogens with zero attached hydrogens (tertiary/aromatic N) is 1. The van der Waals surface area contributed by atoms with E-state index < -0.39 is 0 Å². The number of nitrogens with one attached hydrogen (secondary N) is 1. The monoisotopic (exact) mass is 436 g/mol. The Kier molecular flexibility index (Phi) is 7.57. The van der Waals surface area contributed by atoms with Gasteiger partial charge in [0.05, 0.1) is 18.8 Å². The van der Waals surface area contributed by atoms with Gasteiger partial charge in [-0.05, 0) is 56.0 Å². The quantitative estimate of drug-likeness (QED) is 0.524. The molecule has 6 nitrogen and oxygen atoms in total. The summed E-state index contributed by atoms with van der Waals surface area (Å²) in [6.45, 7) is 11.1. The lowest BCUT2D eigenvalue weighted by Crippen LogP contribution is -2.38. The van der Waals surface area contributed by atoms with Gasteiger partial charge < -0.3 is 14.8 Å². The smallest absolute Gasteiger partial charge is 0.278 e. The van der Waals surface area contributed by atoms with E-state index in [4.69, 9.17) is 9.47 Å². The highest BCUT2D eigenvalue weighted by Crippen LogP contribution is 2.33. The van der Waals surface area contributed by atoms with E-state index in [1.54, 1.807) is 0 Å². The van der Waals surface area contributed by atoms with Crippen molar-refractivity contribution in [3.63, 3.8) is 0 Å². The van der Waals surface area contributed by atoms with Gasteiger partial charge in [0.2, 0.25) is 0 Å². The van der Waals surface area contributed by atoms with Crippen molar-refractivity contribution >= 4 is 23.1 Å². The highest BCUT2D eigenvalue weighted by Gasteiger charge is 2.40. The average Bonchev–Trinajstić information content (AvgIpc) is 3.01. The Bertz CT molecular complexity index is 993. The lowest BCUT2D eigenvalue weighted by atomic mass is 10.0. The third-order valence-electron chi connectivity index (χ3n) is 4.93. The Morgan fingerprint density at radius 3 is 2.25 bits per heavy atom. The van der Waals surface area contributed by atoms with E-state index in [9.17, 15) is 9.59 Å². The summed E-state index contributed by atoms with van der Waals surface area (Å²) in [5, 5.41) is 3.18. The van der Waals surface area contributed by atoms with Crippen LogP contribution in [0, 0.1) is 5.92 Å². The summed E-state index contributed by atoms with van der Waals surface area (Å²) in [6, 6.07) is 14.5. The van der Waals surface area contributed by atoms with Crippen molar-refractivity contribution in [2.75, 3.05) is 18.5 Å². The van der Waals surface area contributed by atoms with Gasteiger partial charge in [-0.15, -0.1) is 0 Å². The number of rotatable bonds is 10. The first-order chi connectivity index (χ1) is 15.3. The second-order valence-corrected chi connectivity index (χ2v) is 8.55. The average molecular weight is 437 g/mol. The van der Waals surface area contributed by atoms with Gasteiger partial charge in [0.15, 0.2) is 0 Å². The molecule has 1 aliphatic heterocycles. The number of amides is 2. The third kappa shape index (κ3) is 5.31. The first-order valence-electron chi connectivity index (χ1n) is 11.2. The van der Waals surface area contributed by atoms with Crippen LogP contribution in [0.25, 0.3) is 5.57 Å². The fourth-order valence-corrected chi connectivity index (χ4v) is 3.41. The molecule has 0 unspecified atom stereocenters. The lowest BCUT2D eigenvalue weighted by Gasteiger charge is -2.19. The fourth-order valence-electron chi connectivity index (χ4n) is 3.41. The number of hydrogen-bond acceptors (Lipinski definition) is 5. The van der Waals surface area contributed by atoms with Crippen LogP contribution in [0.1, 0.15) is 46.6 Å². The normalized spacial score (nSPS) is 14.0. The summed E-state index contributed by atoms with van der Waals surface area (Å²) in [5.74, 6) is 1.22. The molecule has 0 aliphatic carbocycles. The van der Waals surface area contributed by atoms with Crippen LogP contribution >= 0.6 is 0 Å². The number of carbonyl (C=O) groups excluding carboxylic acids is 2. The predicted octanol–water partition coefficient (Wildman–Crippen LogP) is 5.11. The van der Waals surface area contributed by atoms with Gasteiger partial charge in [-0.3, -0.25) is 14.5 Å². The molecule has 32 heavy (non-hydrogen) atoms. The van der Waals surface area contributed by atoms with E-state index in [1.807, 2.05) is 69.3 Å². The first kappa shape index (κ1) is 23.4. The van der Waals surface area contributed by atoms with E-state index in [0.29, 0.717) is 41.7 Å². The number of ether oxygens (including phenoxy) is 2. The van der Waals surface area contributed by atoms with E-state index in [2.05, 4.69) is 19.2 Å². The van der Waals surface area contributed by atoms with Gasteiger partial charge >= 0.3 is 0 Å². The minimum absolute atomic E-state index is 0.253. The standard InChI is InChI=1S/C26H32N2O4/c1-6-14-31-22-9-7-8-20(15-22)27-24-23(25(29)28(18(4)5)26(24)30)19-10-12-21(13-11-19)32-16-17(2)3/h7-13,15,17-18,27H,6,14,16H2,1-5H3. The highest BCUT2D eigenvalue weighted by atomic mass is 16.5. The zero-order valence-corrected chi connectivity index (χ0v) is 19.5. The predicted molar refractivity (Wildman–Crippen MR) is 127 cm³/mol. The van der Waals surface area contributed by atoms with Crippen molar-refractivity contribution in [3.05, 3.63) is 59.8 Å². The molecular weight excluding hydrogens is 404 g/mol. The van der Waals surface area contributed by atoms with Crippen LogP contribution in [0.15, 0.2) is 54.2 Å². The second kappa shape index (κ2) is 10.4. The van der Waals surface area contributed by atoms with E-state index >= 15 is 0 Å².